The van der Waals surface area contributed by atoms with Crippen molar-refractivity contribution in [3.8, 4) is 0 Å². The van der Waals surface area contributed by atoms with Gasteiger partial charge in [0.2, 0.25) is 15.9 Å². The number of nitrogens with one attached hydrogen (secondary N) is 2. The molecular formula is C21H24N4O3S. The van der Waals surface area contributed by atoms with Gasteiger partial charge in [-0.05, 0) is 37.1 Å². The molecule has 0 radical (unpaired) electrons. The second kappa shape index (κ2) is 8.34. The minimum atomic E-state index is -3.50. The van der Waals surface area contributed by atoms with E-state index >= 15 is 0 Å². The molecule has 4 rings (SSSR count). The summed E-state index contributed by atoms with van der Waals surface area (Å²) in [7, 11) is -3.50. The summed E-state index contributed by atoms with van der Waals surface area (Å²) < 4.78 is 26.9. The molecule has 2 aliphatic rings. The van der Waals surface area contributed by atoms with E-state index in [0.29, 0.717) is 30.8 Å². The summed E-state index contributed by atoms with van der Waals surface area (Å²) in [5.41, 5.74) is 1.67. The van der Waals surface area contributed by atoms with Crippen molar-refractivity contribution in [2.75, 3.05) is 31.5 Å². The Hall–Kier alpha value is -2.71. The first-order valence-corrected chi connectivity index (χ1v) is 11.2. The van der Waals surface area contributed by atoms with Crippen molar-refractivity contribution in [2.45, 2.75) is 17.7 Å². The van der Waals surface area contributed by atoms with E-state index in [4.69, 9.17) is 0 Å². The van der Waals surface area contributed by atoms with Crippen LogP contribution in [0, 0.1) is 5.92 Å². The van der Waals surface area contributed by atoms with Crippen molar-refractivity contribution in [3.05, 3.63) is 60.2 Å². The molecule has 0 unspecified atom stereocenters. The van der Waals surface area contributed by atoms with Crippen LogP contribution in [0.15, 0.2) is 64.5 Å². The van der Waals surface area contributed by atoms with Gasteiger partial charge in [-0.3, -0.25) is 9.79 Å². The molecule has 2 N–H and O–H groups in total. The third-order valence-corrected chi connectivity index (χ3v) is 7.20. The number of carbonyl (C=O) groups is 1. The minimum absolute atomic E-state index is 0.0692. The molecule has 0 saturated carbocycles. The number of nitrogens with zero attached hydrogens (tertiary/aromatic N) is 2. The van der Waals surface area contributed by atoms with Gasteiger partial charge in [-0.1, -0.05) is 30.3 Å². The second-order valence-corrected chi connectivity index (χ2v) is 9.16. The molecule has 1 fully saturated rings. The van der Waals surface area contributed by atoms with Gasteiger partial charge in [0, 0.05) is 36.8 Å². The molecule has 1 saturated heterocycles. The smallest absolute Gasteiger partial charge is 0.243 e. The van der Waals surface area contributed by atoms with Gasteiger partial charge in [0.15, 0.2) is 0 Å². The Morgan fingerprint density at radius 1 is 1.07 bits per heavy atom. The molecule has 0 atom stereocenters. The summed E-state index contributed by atoms with van der Waals surface area (Å²) in [5, 5.41) is 6.20. The molecular weight excluding hydrogens is 388 g/mol. The third kappa shape index (κ3) is 4.33. The van der Waals surface area contributed by atoms with Crippen LogP contribution in [0.3, 0.4) is 0 Å². The van der Waals surface area contributed by atoms with Gasteiger partial charge in [0.1, 0.15) is 5.84 Å². The lowest BCUT2D eigenvalue weighted by molar-refractivity contribution is -0.120. The van der Waals surface area contributed by atoms with E-state index in [-0.39, 0.29) is 11.8 Å². The number of aliphatic imine (C=N–C) groups is 1. The highest BCUT2D eigenvalue weighted by Crippen LogP contribution is 2.25. The fraction of sp³-hybridized carbons (Fsp3) is 0.333. The molecule has 8 heteroatoms. The Bertz CT molecular complexity index is 1010. The number of piperidine rings is 1. The van der Waals surface area contributed by atoms with Gasteiger partial charge in [-0.25, -0.2) is 8.42 Å². The Morgan fingerprint density at radius 2 is 1.83 bits per heavy atom. The number of hydrogen-bond donors (Lipinski definition) is 2. The standard InChI is InChI=1S/C21H24N4O3S/c26-21(24-18-6-4-5-17(15-18)20-22-11-12-23-20)16-9-13-25(14-10-16)29(27,28)19-7-2-1-3-8-19/h1-8,15-16H,9-14H2,(H,22,23)(H,24,26). The molecule has 0 spiro atoms. The number of rotatable bonds is 5. The first-order valence-electron chi connectivity index (χ1n) is 9.79. The van der Waals surface area contributed by atoms with E-state index < -0.39 is 10.0 Å². The van der Waals surface area contributed by atoms with E-state index in [0.717, 1.165) is 30.2 Å². The third-order valence-electron chi connectivity index (χ3n) is 5.28. The maximum atomic E-state index is 12.7. The molecule has 7 nitrogen and oxygen atoms in total. The first-order chi connectivity index (χ1) is 14.0. The summed E-state index contributed by atoms with van der Waals surface area (Å²) in [6, 6.07) is 16.0. The van der Waals surface area contributed by atoms with E-state index in [2.05, 4.69) is 15.6 Å². The van der Waals surface area contributed by atoms with E-state index in [9.17, 15) is 13.2 Å². The summed E-state index contributed by atoms with van der Waals surface area (Å²) in [6.45, 7) is 2.28. The maximum absolute atomic E-state index is 12.7. The number of anilines is 1. The van der Waals surface area contributed by atoms with Crippen LogP contribution in [0.2, 0.25) is 0 Å². The van der Waals surface area contributed by atoms with E-state index in [1.165, 1.54) is 4.31 Å². The average molecular weight is 413 g/mol. The van der Waals surface area contributed by atoms with Gasteiger partial charge in [0.05, 0.1) is 11.4 Å². The van der Waals surface area contributed by atoms with Crippen molar-refractivity contribution in [3.63, 3.8) is 0 Å². The van der Waals surface area contributed by atoms with Crippen LogP contribution < -0.4 is 10.6 Å². The van der Waals surface area contributed by atoms with Gasteiger partial charge in [-0.2, -0.15) is 4.31 Å². The van der Waals surface area contributed by atoms with E-state index in [1.54, 1.807) is 30.3 Å². The SMILES string of the molecule is O=C(Nc1cccc(C2=NCCN2)c1)C1CCN(S(=O)(=O)c2ccccc2)CC1. The number of benzene rings is 2. The Kier molecular flexibility index (Phi) is 5.64. The highest BCUT2D eigenvalue weighted by Gasteiger charge is 2.32. The predicted octanol–water partition coefficient (Wildman–Crippen LogP) is 2.08. The number of carbonyl (C=O) groups excluding carboxylic acids is 1. The lowest BCUT2D eigenvalue weighted by Crippen LogP contribution is -2.41. The summed E-state index contributed by atoms with van der Waals surface area (Å²) in [6.07, 6.45) is 1.01. The highest BCUT2D eigenvalue weighted by molar-refractivity contribution is 7.89. The lowest BCUT2D eigenvalue weighted by atomic mass is 9.97. The van der Waals surface area contributed by atoms with Crippen LogP contribution >= 0.6 is 0 Å². The van der Waals surface area contributed by atoms with Crippen molar-refractivity contribution in [1.29, 1.82) is 0 Å². The molecule has 152 valence electrons. The Balaban J connectivity index is 1.37. The van der Waals surface area contributed by atoms with Gasteiger partial charge in [0.25, 0.3) is 0 Å². The van der Waals surface area contributed by atoms with Crippen LogP contribution in [0.5, 0.6) is 0 Å². The van der Waals surface area contributed by atoms with Crippen molar-refractivity contribution < 1.29 is 13.2 Å². The monoisotopic (exact) mass is 412 g/mol. The molecule has 0 bridgehead atoms. The Labute approximate surface area is 170 Å². The Morgan fingerprint density at radius 3 is 2.52 bits per heavy atom. The van der Waals surface area contributed by atoms with Crippen LogP contribution in [0.25, 0.3) is 0 Å². The quantitative estimate of drug-likeness (QED) is 0.787. The topological polar surface area (TPSA) is 90.9 Å². The maximum Gasteiger partial charge on any atom is 0.243 e. The lowest BCUT2D eigenvalue weighted by Gasteiger charge is -2.30. The fourth-order valence-corrected chi connectivity index (χ4v) is 5.17. The van der Waals surface area contributed by atoms with Crippen LogP contribution in [0.1, 0.15) is 18.4 Å². The largest absolute Gasteiger partial charge is 0.368 e. The number of hydrogen-bond acceptors (Lipinski definition) is 5. The minimum Gasteiger partial charge on any atom is -0.368 e. The van der Waals surface area contributed by atoms with Gasteiger partial charge >= 0.3 is 0 Å². The predicted molar refractivity (Wildman–Crippen MR) is 112 cm³/mol. The molecule has 29 heavy (non-hydrogen) atoms. The van der Waals surface area contributed by atoms with Crippen molar-refractivity contribution >= 4 is 27.5 Å². The molecule has 2 aromatic rings. The van der Waals surface area contributed by atoms with E-state index in [1.807, 2.05) is 24.3 Å². The molecule has 2 heterocycles. The van der Waals surface area contributed by atoms with Gasteiger partial charge < -0.3 is 10.6 Å². The number of sulfonamides is 1. The second-order valence-electron chi connectivity index (χ2n) is 7.22. The zero-order valence-corrected chi connectivity index (χ0v) is 16.9. The van der Waals surface area contributed by atoms with Crippen molar-refractivity contribution in [2.24, 2.45) is 10.9 Å². The van der Waals surface area contributed by atoms with Gasteiger partial charge in [-0.15, -0.1) is 0 Å². The highest BCUT2D eigenvalue weighted by atomic mass is 32.2. The zero-order chi connectivity index (χ0) is 20.3. The molecule has 0 aliphatic carbocycles. The average Bonchev–Trinajstić information content (AvgIpc) is 3.30. The molecule has 2 aromatic carbocycles. The molecule has 1 amide bonds. The summed E-state index contributed by atoms with van der Waals surface area (Å²) in [5.74, 6) is 0.573. The molecule has 0 aromatic heterocycles. The number of amidine groups is 1. The van der Waals surface area contributed by atoms with Crippen molar-refractivity contribution in [1.82, 2.24) is 9.62 Å². The van der Waals surface area contributed by atoms with Crippen LogP contribution in [0.4, 0.5) is 5.69 Å². The van der Waals surface area contributed by atoms with Crippen LogP contribution in [-0.2, 0) is 14.8 Å². The summed E-state index contributed by atoms with van der Waals surface area (Å²) in [4.78, 5) is 17.4. The normalized spacial score (nSPS) is 18.1. The number of amides is 1. The summed E-state index contributed by atoms with van der Waals surface area (Å²) >= 11 is 0. The molecule has 2 aliphatic heterocycles. The van der Waals surface area contributed by atoms with Crippen LogP contribution in [-0.4, -0.2) is 50.6 Å². The zero-order valence-electron chi connectivity index (χ0n) is 16.0. The first kappa shape index (κ1) is 19.6. The fourth-order valence-electron chi connectivity index (χ4n) is 3.68.